The molecule has 2 aromatic carbocycles. The molecule has 1 N–H and O–H groups in total. The first-order valence-electron chi connectivity index (χ1n) is 10.5. The Hall–Kier alpha value is -3.54. The van der Waals surface area contributed by atoms with Crippen LogP contribution < -0.4 is 10.1 Å². The van der Waals surface area contributed by atoms with Gasteiger partial charge in [0.25, 0.3) is 5.91 Å². The molecular formula is C25H27N3O3. The van der Waals surface area contributed by atoms with Crippen LogP contribution in [0.3, 0.4) is 0 Å². The quantitative estimate of drug-likeness (QED) is 0.400. The Morgan fingerprint density at radius 3 is 2.74 bits per heavy atom. The summed E-state index contributed by atoms with van der Waals surface area (Å²) < 4.78 is 13.3. The van der Waals surface area contributed by atoms with Crippen molar-refractivity contribution in [1.82, 2.24) is 14.9 Å². The highest BCUT2D eigenvalue weighted by molar-refractivity contribution is 5.91. The lowest BCUT2D eigenvalue weighted by Crippen LogP contribution is -2.28. The fourth-order valence-electron chi connectivity index (χ4n) is 3.62. The van der Waals surface area contributed by atoms with E-state index in [0.29, 0.717) is 6.61 Å². The van der Waals surface area contributed by atoms with E-state index in [1.165, 1.54) is 17.4 Å². The van der Waals surface area contributed by atoms with Crippen LogP contribution >= 0.6 is 0 Å². The summed E-state index contributed by atoms with van der Waals surface area (Å²) in [5, 5.41) is 2.98. The van der Waals surface area contributed by atoms with E-state index in [1.54, 1.807) is 12.1 Å². The molecule has 6 heteroatoms. The molecule has 160 valence electrons. The van der Waals surface area contributed by atoms with Crippen LogP contribution in [0, 0.1) is 13.8 Å². The number of nitrogens with zero attached hydrogens (tertiary/aromatic N) is 2. The predicted octanol–water partition coefficient (Wildman–Crippen LogP) is 5.21. The molecular weight excluding hydrogens is 390 g/mol. The standard InChI is InChI=1S/C25H27N3O3/c1-17-11-12-20(16-18(17)2)30-15-7-13-28-22-9-5-4-8-21(22)27-24(28)19(3)26-25(29)23-10-6-14-31-23/h4-6,8-12,14,16,19H,7,13,15H2,1-3H3,(H,26,29)/t19-/m1/s1. The van der Waals surface area contributed by atoms with Crippen LogP contribution in [0.5, 0.6) is 5.75 Å². The van der Waals surface area contributed by atoms with Gasteiger partial charge in [0.2, 0.25) is 0 Å². The van der Waals surface area contributed by atoms with Crippen molar-refractivity contribution in [2.45, 2.75) is 39.8 Å². The summed E-state index contributed by atoms with van der Waals surface area (Å²) in [4.78, 5) is 17.2. The number of aromatic nitrogens is 2. The van der Waals surface area contributed by atoms with Gasteiger partial charge in [0, 0.05) is 6.54 Å². The average molecular weight is 418 g/mol. The van der Waals surface area contributed by atoms with E-state index in [9.17, 15) is 4.79 Å². The van der Waals surface area contributed by atoms with E-state index < -0.39 is 0 Å². The zero-order chi connectivity index (χ0) is 21.8. The number of benzene rings is 2. The summed E-state index contributed by atoms with van der Waals surface area (Å²) in [5.74, 6) is 1.73. The Bertz CT molecular complexity index is 1180. The summed E-state index contributed by atoms with van der Waals surface area (Å²) in [6, 6.07) is 17.2. The van der Waals surface area contributed by atoms with E-state index in [-0.39, 0.29) is 17.7 Å². The van der Waals surface area contributed by atoms with Crippen molar-refractivity contribution in [2.24, 2.45) is 0 Å². The van der Waals surface area contributed by atoms with Crippen LogP contribution in [-0.4, -0.2) is 22.1 Å². The number of carbonyl (C=O) groups is 1. The van der Waals surface area contributed by atoms with Gasteiger partial charge >= 0.3 is 0 Å². The van der Waals surface area contributed by atoms with Crippen LogP contribution in [0.2, 0.25) is 0 Å². The summed E-state index contributed by atoms with van der Waals surface area (Å²) in [5.41, 5.74) is 4.43. The van der Waals surface area contributed by atoms with Crippen molar-refractivity contribution in [1.29, 1.82) is 0 Å². The van der Waals surface area contributed by atoms with Gasteiger partial charge < -0.3 is 19.0 Å². The van der Waals surface area contributed by atoms with Gasteiger partial charge in [0.15, 0.2) is 5.76 Å². The molecule has 2 heterocycles. The highest BCUT2D eigenvalue weighted by Crippen LogP contribution is 2.22. The van der Waals surface area contributed by atoms with Gasteiger partial charge in [0.05, 0.1) is 29.9 Å². The minimum atomic E-state index is -0.273. The molecule has 1 atom stereocenters. The SMILES string of the molecule is Cc1ccc(OCCCn2c([C@@H](C)NC(=O)c3ccco3)nc3ccccc32)cc1C. The van der Waals surface area contributed by atoms with Crippen molar-refractivity contribution in [3.8, 4) is 5.75 Å². The maximum Gasteiger partial charge on any atom is 0.287 e. The van der Waals surface area contributed by atoms with Crippen molar-refractivity contribution in [3.63, 3.8) is 0 Å². The summed E-state index contributed by atoms with van der Waals surface area (Å²) in [7, 11) is 0. The second kappa shape index (κ2) is 9.08. The lowest BCUT2D eigenvalue weighted by atomic mass is 10.1. The second-order valence-electron chi connectivity index (χ2n) is 7.73. The number of imidazole rings is 1. The number of para-hydroxylation sites is 2. The van der Waals surface area contributed by atoms with Gasteiger partial charge in [0.1, 0.15) is 11.6 Å². The first kappa shape index (κ1) is 20.7. The number of rotatable bonds is 8. The molecule has 0 unspecified atom stereocenters. The first-order chi connectivity index (χ1) is 15.0. The number of hydrogen-bond donors (Lipinski definition) is 1. The number of nitrogens with one attached hydrogen (secondary N) is 1. The number of carbonyl (C=O) groups excluding carboxylic acids is 1. The van der Waals surface area contributed by atoms with Gasteiger partial charge in [-0.2, -0.15) is 0 Å². The van der Waals surface area contributed by atoms with Crippen molar-refractivity contribution < 1.29 is 13.9 Å². The molecule has 0 bridgehead atoms. The number of ether oxygens (including phenoxy) is 1. The monoisotopic (exact) mass is 417 g/mol. The predicted molar refractivity (Wildman–Crippen MR) is 120 cm³/mol. The normalized spacial score (nSPS) is 12.1. The fraction of sp³-hybridized carbons (Fsp3) is 0.280. The van der Waals surface area contributed by atoms with Gasteiger partial charge in [-0.25, -0.2) is 4.98 Å². The topological polar surface area (TPSA) is 69.3 Å². The van der Waals surface area contributed by atoms with Crippen molar-refractivity contribution in [2.75, 3.05) is 6.61 Å². The molecule has 0 saturated heterocycles. The third-order valence-corrected chi connectivity index (χ3v) is 5.44. The Kier molecular flexibility index (Phi) is 6.07. The largest absolute Gasteiger partial charge is 0.494 e. The average Bonchev–Trinajstić information content (AvgIpc) is 3.42. The molecule has 4 aromatic rings. The summed E-state index contributed by atoms with van der Waals surface area (Å²) >= 11 is 0. The van der Waals surface area contributed by atoms with Gasteiger partial charge in [-0.1, -0.05) is 18.2 Å². The molecule has 0 saturated carbocycles. The van der Waals surface area contributed by atoms with Gasteiger partial charge in [-0.05, 0) is 74.7 Å². The molecule has 2 aromatic heterocycles. The number of fused-ring (bicyclic) bond motifs is 1. The lowest BCUT2D eigenvalue weighted by Gasteiger charge is -2.16. The van der Waals surface area contributed by atoms with Crippen LogP contribution in [0.15, 0.2) is 65.3 Å². The zero-order valence-corrected chi connectivity index (χ0v) is 18.1. The maximum atomic E-state index is 12.4. The summed E-state index contributed by atoms with van der Waals surface area (Å²) in [6.07, 6.45) is 2.31. The molecule has 0 aliphatic rings. The molecule has 0 aliphatic carbocycles. The van der Waals surface area contributed by atoms with Crippen molar-refractivity contribution >= 4 is 16.9 Å². The maximum absolute atomic E-state index is 12.4. The molecule has 4 rings (SSSR count). The van der Waals surface area contributed by atoms with E-state index >= 15 is 0 Å². The molecule has 0 fully saturated rings. The van der Waals surface area contributed by atoms with E-state index in [0.717, 1.165) is 35.6 Å². The summed E-state index contributed by atoms with van der Waals surface area (Å²) in [6.45, 7) is 7.45. The number of furan rings is 1. The molecule has 0 radical (unpaired) electrons. The van der Waals surface area contributed by atoms with E-state index in [1.807, 2.05) is 31.2 Å². The minimum Gasteiger partial charge on any atom is -0.494 e. The van der Waals surface area contributed by atoms with Crippen LogP contribution in [0.1, 0.15) is 46.9 Å². The molecule has 0 aliphatic heterocycles. The Morgan fingerprint density at radius 1 is 1.13 bits per heavy atom. The third kappa shape index (κ3) is 4.63. The lowest BCUT2D eigenvalue weighted by molar-refractivity contribution is 0.0909. The van der Waals surface area contributed by atoms with Crippen LogP contribution in [0.4, 0.5) is 0 Å². The van der Waals surface area contributed by atoms with E-state index in [4.69, 9.17) is 14.1 Å². The molecule has 0 spiro atoms. The smallest absolute Gasteiger partial charge is 0.287 e. The Balaban J connectivity index is 1.47. The highest BCUT2D eigenvalue weighted by Gasteiger charge is 2.20. The van der Waals surface area contributed by atoms with Crippen LogP contribution in [-0.2, 0) is 6.54 Å². The minimum absolute atomic E-state index is 0.255. The highest BCUT2D eigenvalue weighted by atomic mass is 16.5. The molecule has 31 heavy (non-hydrogen) atoms. The van der Waals surface area contributed by atoms with Crippen LogP contribution in [0.25, 0.3) is 11.0 Å². The zero-order valence-electron chi connectivity index (χ0n) is 18.1. The third-order valence-electron chi connectivity index (χ3n) is 5.44. The first-order valence-corrected chi connectivity index (χ1v) is 10.5. The Labute approximate surface area is 181 Å². The second-order valence-corrected chi connectivity index (χ2v) is 7.73. The van der Waals surface area contributed by atoms with Gasteiger partial charge in [-0.15, -0.1) is 0 Å². The number of hydrogen-bond acceptors (Lipinski definition) is 4. The number of aryl methyl sites for hydroxylation is 3. The van der Waals surface area contributed by atoms with Crippen molar-refractivity contribution in [3.05, 3.63) is 83.6 Å². The van der Waals surface area contributed by atoms with Gasteiger partial charge in [-0.3, -0.25) is 4.79 Å². The van der Waals surface area contributed by atoms with E-state index in [2.05, 4.69) is 41.9 Å². The number of amides is 1. The Morgan fingerprint density at radius 2 is 1.97 bits per heavy atom. The molecule has 1 amide bonds. The molecule has 6 nitrogen and oxygen atoms in total. The fourth-order valence-corrected chi connectivity index (χ4v) is 3.62.